The van der Waals surface area contributed by atoms with E-state index in [1.807, 2.05) is 0 Å². The Hall–Kier alpha value is -1.48. The van der Waals surface area contributed by atoms with E-state index in [4.69, 9.17) is 4.74 Å². The Labute approximate surface area is 119 Å². The summed E-state index contributed by atoms with van der Waals surface area (Å²) in [5.41, 5.74) is 2.63. The van der Waals surface area contributed by atoms with Crippen molar-refractivity contribution in [1.82, 2.24) is 5.32 Å². The predicted molar refractivity (Wildman–Crippen MR) is 79.0 cm³/mol. The van der Waals surface area contributed by atoms with Crippen LogP contribution in [-0.2, 0) is 0 Å². The van der Waals surface area contributed by atoms with Gasteiger partial charge in [0.15, 0.2) is 5.60 Å². The highest BCUT2D eigenvalue weighted by Crippen LogP contribution is 2.51. The molecule has 1 spiro atoms. The molecule has 3 nitrogen and oxygen atoms in total. The van der Waals surface area contributed by atoms with Crippen LogP contribution < -0.4 is 15.0 Å². The zero-order valence-corrected chi connectivity index (χ0v) is 11.6. The van der Waals surface area contributed by atoms with E-state index in [9.17, 15) is 0 Å². The highest BCUT2D eigenvalue weighted by molar-refractivity contribution is 5.67. The first-order valence-electron chi connectivity index (χ1n) is 7.86. The summed E-state index contributed by atoms with van der Waals surface area (Å²) < 4.78 is 6.61. The normalized spacial score (nSPS) is 37.4. The van der Waals surface area contributed by atoms with E-state index in [-0.39, 0.29) is 5.60 Å². The van der Waals surface area contributed by atoms with Gasteiger partial charge >= 0.3 is 0 Å². The van der Waals surface area contributed by atoms with Crippen molar-refractivity contribution in [2.24, 2.45) is 0 Å². The molecule has 0 radical (unpaired) electrons. The van der Waals surface area contributed by atoms with Crippen LogP contribution in [0.2, 0.25) is 0 Å². The van der Waals surface area contributed by atoms with Gasteiger partial charge in [0.2, 0.25) is 0 Å². The van der Waals surface area contributed by atoms with Gasteiger partial charge in [-0.05, 0) is 31.4 Å². The first-order chi connectivity index (χ1) is 9.84. The Kier molecular flexibility index (Phi) is 2.12. The molecule has 0 saturated carbocycles. The molecule has 4 heterocycles. The van der Waals surface area contributed by atoms with Gasteiger partial charge in [-0.15, -0.1) is 0 Å². The molecule has 1 aromatic carbocycles. The minimum Gasteiger partial charge on any atom is -0.479 e. The number of anilines is 1. The second kappa shape index (κ2) is 3.79. The number of fused-ring (bicyclic) bond motifs is 6. The van der Waals surface area contributed by atoms with Gasteiger partial charge in [-0.25, -0.2) is 0 Å². The van der Waals surface area contributed by atoms with Crippen molar-refractivity contribution >= 4 is 5.69 Å². The predicted octanol–water partition coefficient (Wildman–Crippen LogP) is 2.83. The number of nitrogens with zero attached hydrogens (tertiary/aromatic N) is 1. The number of hydrogen-bond acceptors (Lipinski definition) is 3. The number of piperidine rings is 1. The Morgan fingerprint density at radius 2 is 1.95 bits per heavy atom. The summed E-state index contributed by atoms with van der Waals surface area (Å²) in [6.45, 7) is 1.11. The molecule has 2 unspecified atom stereocenters. The lowest BCUT2D eigenvalue weighted by atomic mass is 9.82. The third kappa shape index (κ3) is 1.39. The molecule has 5 rings (SSSR count). The molecule has 0 amide bonds. The van der Waals surface area contributed by atoms with Gasteiger partial charge in [0, 0.05) is 31.5 Å². The van der Waals surface area contributed by atoms with Crippen LogP contribution in [-0.4, -0.2) is 24.2 Å². The van der Waals surface area contributed by atoms with E-state index in [2.05, 4.69) is 40.6 Å². The fourth-order valence-electron chi connectivity index (χ4n) is 4.67. The van der Waals surface area contributed by atoms with Gasteiger partial charge in [-0.3, -0.25) is 0 Å². The standard InChI is InChI=1S/C17H20N2O/c1-2-5-15-14(4-1)19-9-3-6-16(19)17(20-15)10-12-7-8-13(11-17)18-12/h1-2,4-6,12-13,18H,3,7-11H2. The van der Waals surface area contributed by atoms with Crippen LogP contribution in [0.1, 0.15) is 32.1 Å². The van der Waals surface area contributed by atoms with Crippen LogP contribution in [0.4, 0.5) is 5.69 Å². The average molecular weight is 268 g/mol. The summed E-state index contributed by atoms with van der Waals surface area (Å²) in [6.07, 6.45) is 8.44. The van der Waals surface area contributed by atoms with Crippen LogP contribution in [0.15, 0.2) is 36.0 Å². The molecule has 20 heavy (non-hydrogen) atoms. The summed E-state index contributed by atoms with van der Waals surface area (Å²) in [6, 6.07) is 9.81. The van der Waals surface area contributed by atoms with Crippen molar-refractivity contribution in [2.45, 2.75) is 49.8 Å². The minimum absolute atomic E-state index is 0.0675. The SMILES string of the molecule is C1=C2N(CC1)c1ccccc1OC21CC2CCC(C1)N2. The van der Waals surface area contributed by atoms with Crippen LogP contribution in [0.25, 0.3) is 0 Å². The van der Waals surface area contributed by atoms with Gasteiger partial charge in [-0.1, -0.05) is 18.2 Å². The molecular formula is C17H20N2O. The van der Waals surface area contributed by atoms with Crippen molar-refractivity contribution in [3.8, 4) is 5.75 Å². The smallest absolute Gasteiger partial charge is 0.151 e. The monoisotopic (exact) mass is 268 g/mol. The maximum Gasteiger partial charge on any atom is 0.151 e. The third-order valence-electron chi connectivity index (χ3n) is 5.40. The maximum atomic E-state index is 6.61. The van der Waals surface area contributed by atoms with Crippen LogP contribution >= 0.6 is 0 Å². The highest BCUT2D eigenvalue weighted by Gasteiger charge is 2.52. The molecule has 2 fully saturated rings. The Balaban J connectivity index is 1.64. The van der Waals surface area contributed by atoms with Crippen molar-refractivity contribution in [2.75, 3.05) is 11.4 Å². The molecule has 0 aliphatic carbocycles. The average Bonchev–Trinajstić information content (AvgIpc) is 3.07. The van der Waals surface area contributed by atoms with Crippen molar-refractivity contribution in [3.63, 3.8) is 0 Å². The Bertz CT molecular complexity index is 582. The lowest BCUT2D eigenvalue weighted by Crippen LogP contribution is -2.56. The fourth-order valence-corrected chi connectivity index (χ4v) is 4.67. The Morgan fingerprint density at radius 1 is 1.15 bits per heavy atom. The first-order valence-corrected chi connectivity index (χ1v) is 7.86. The topological polar surface area (TPSA) is 24.5 Å². The van der Waals surface area contributed by atoms with E-state index in [0.29, 0.717) is 12.1 Å². The van der Waals surface area contributed by atoms with Gasteiger partial charge < -0.3 is 15.0 Å². The van der Waals surface area contributed by atoms with E-state index in [1.165, 1.54) is 24.2 Å². The second-order valence-electron chi connectivity index (χ2n) is 6.64. The van der Waals surface area contributed by atoms with Crippen LogP contribution in [0.5, 0.6) is 5.75 Å². The number of nitrogens with one attached hydrogen (secondary N) is 1. The van der Waals surface area contributed by atoms with Gasteiger partial charge in [0.25, 0.3) is 0 Å². The molecule has 2 saturated heterocycles. The van der Waals surface area contributed by atoms with E-state index in [0.717, 1.165) is 31.6 Å². The van der Waals surface area contributed by atoms with Gasteiger partial charge in [0.1, 0.15) is 5.75 Å². The number of para-hydroxylation sites is 2. The lowest BCUT2D eigenvalue weighted by molar-refractivity contribution is 0.0450. The quantitative estimate of drug-likeness (QED) is 0.783. The van der Waals surface area contributed by atoms with E-state index >= 15 is 0 Å². The molecule has 3 heteroatoms. The zero-order chi connectivity index (χ0) is 13.2. The van der Waals surface area contributed by atoms with Gasteiger partial charge in [0.05, 0.1) is 11.4 Å². The third-order valence-corrected chi connectivity index (χ3v) is 5.40. The van der Waals surface area contributed by atoms with Crippen molar-refractivity contribution < 1.29 is 4.74 Å². The van der Waals surface area contributed by atoms with E-state index in [1.54, 1.807) is 0 Å². The Morgan fingerprint density at radius 3 is 2.80 bits per heavy atom. The summed E-state index contributed by atoms with van der Waals surface area (Å²) in [5, 5.41) is 3.74. The molecule has 4 aliphatic rings. The van der Waals surface area contributed by atoms with Gasteiger partial charge in [-0.2, -0.15) is 0 Å². The zero-order valence-electron chi connectivity index (χ0n) is 11.6. The molecule has 2 bridgehead atoms. The summed E-state index contributed by atoms with van der Waals surface area (Å²) in [5.74, 6) is 1.08. The lowest BCUT2D eigenvalue weighted by Gasteiger charge is -2.48. The maximum absolute atomic E-state index is 6.61. The molecule has 4 aliphatic heterocycles. The fraction of sp³-hybridized carbons (Fsp3) is 0.529. The van der Waals surface area contributed by atoms with Crippen LogP contribution in [0.3, 0.4) is 0 Å². The minimum atomic E-state index is -0.0675. The molecule has 104 valence electrons. The number of ether oxygens (including phenoxy) is 1. The number of hydrogen-bond donors (Lipinski definition) is 1. The van der Waals surface area contributed by atoms with Crippen molar-refractivity contribution in [1.29, 1.82) is 0 Å². The summed E-state index contributed by atoms with van der Waals surface area (Å²) in [4.78, 5) is 2.50. The summed E-state index contributed by atoms with van der Waals surface area (Å²) in [7, 11) is 0. The molecule has 0 aromatic heterocycles. The molecule has 1 N–H and O–H groups in total. The second-order valence-corrected chi connectivity index (χ2v) is 6.64. The molecular weight excluding hydrogens is 248 g/mol. The summed E-state index contributed by atoms with van der Waals surface area (Å²) >= 11 is 0. The largest absolute Gasteiger partial charge is 0.479 e. The van der Waals surface area contributed by atoms with E-state index < -0.39 is 0 Å². The first kappa shape index (κ1) is 11.2. The molecule has 2 atom stereocenters. The van der Waals surface area contributed by atoms with Crippen molar-refractivity contribution in [3.05, 3.63) is 36.0 Å². The number of benzene rings is 1. The van der Waals surface area contributed by atoms with Crippen LogP contribution in [0, 0.1) is 0 Å². The number of rotatable bonds is 0. The molecule has 1 aromatic rings. The highest BCUT2D eigenvalue weighted by atomic mass is 16.5.